The van der Waals surface area contributed by atoms with Crippen LogP contribution in [0.15, 0.2) is 38.5 Å². The van der Waals surface area contributed by atoms with Gasteiger partial charge >= 0.3 is 0 Å². The van der Waals surface area contributed by atoms with Gasteiger partial charge in [-0.1, -0.05) is 17.3 Å². The van der Waals surface area contributed by atoms with Crippen molar-refractivity contribution in [2.75, 3.05) is 6.26 Å². The third-order valence-corrected chi connectivity index (χ3v) is 4.16. The zero-order valence-corrected chi connectivity index (χ0v) is 12.9. The summed E-state index contributed by atoms with van der Waals surface area (Å²) in [5.41, 5.74) is 1.81. The molecule has 0 amide bonds. The number of aromatic nitrogens is 3. The van der Waals surface area contributed by atoms with Crippen molar-refractivity contribution in [2.24, 2.45) is 0 Å². The predicted molar refractivity (Wildman–Crippen MR) is 83.7 cm³/mol. The maximum absolute atomic E-state index is 12.2. The fraction of sp³-hybridized carbons (Fsp3) is 0.267. The molecule has 3 rings (SSSR count). The molecular weight excluding hydrogens is 286 g/mol. The van der Waals surface area contributed by atoms with Crippen LogP contribution in [0.1, 0.15) is 12.7 Å². The first-order chi connectivity index (χ1) is 10.2. The van der Waals surface area contributed by atoms with Gasteiger partial charge in [-0.05, 0) is 32.2 Å². The summed E-state index contributed by atoms with van der Waals surface area (Å²) in [4.78, 5) is 13.4. The number of hydrogen-bond acceptors (Lipinski definition) is 5. The minimum Gasteiger partial charge on any atom is -0.360 e. The van der Waals surface area contributed by atoms with E-state index in [4.69, 9.17) is 4.52 Å². The second-order valence-electron chi connectivity index (χ2n) is 4.66. The third kappa shape index (κ3) is 2.25. The molecule has 0 atom stereocenters. The highest BCUT2D eigenvalue weighted by Crippen LogP contribution is 2.28. The lowest BCUT2D eigenvalue weighted by atomic mass is 10.1. The summed E-state index contributed by atoms with van der Waals surface area (Å²) in [5, 5.41) is 9.06. The van der Waals surface area contributed by atoms with Crippen LogP contribution < -0.4 is 5.56 Å². The van der Waals surface area contributed by atoms with Gasteiger partial charge in [0.25, 0.3) is 5.56 Å². The topological polar surface area (TPSA) is 60.9 Å². The van der Waals surface area contributed by atoms with E-state index in [2.05, 4.69) is 10.3 Å². The van der Waals surface area contributed by atoms with Crippen molar-refractivity contribution in [3.05, 3.63) is 40.4 Å². The minimum absolute atomic E-state index is 0.214. The Morgan fingerprint density at radius 3 is 2.62 bits per heavy atom. The van der Waals surface area contributed by atoms with Gasteiger partial charge in [-0.25, -0.2) is 4.68 Å². The van der Waals surface area contributed by atoms with E-state index >= 15 is 0 Å². The van der Waals surface area contributed by atoms with E-state index in [0.29, 0.717) is 23.2 Å². The highest BCUT2D eigenvalue weighted by Gasteiger charge is 2.18. The molecule has 2 aromatic heterocycles. The SMILES string of the molecule is CCn1nc(-c2ccc(SC)cc2)c2c(C)onc2c1=O. The summed E-state index contributed by atoms with van der Waals surface area (Å²) in [6.45, 7) is 4.18. The Morgan fingerprint density at radius 1 is 1.29 bits per heavy atom. The Bertz CT molecular complexity index is 850. The third-order valence-electron chi connectivity index (χ3n) is 3.42. The standard InChI is InChI=1S/C15H15N3O2S/c1-4-18-15(19)14-12(9(2)20-17-14)13(16-18)10-5-7-11(21-3)8-6-10/h5-8H,4H2,1-3H3. The lowest BCUT2D eigenvalue weighted by molar-refractivity contribution is 0.405. The molecule has 108 valence electrons. The van der Waals surface area contributed by atoms with Crippen LogP contribution in [0.2, 0.25) is 0 Å². The van der Waals surface area contributed by atoms with Gasteiger partial charge in [0.15, 0.2) is 5.52 Å². The molecule has 0 aliphatic rings. The van der Waals surface area contributed by atoms with Crippen LogP contribution in [-0.4, -0.2) is 21.2 Å². The van der Waals surface area contributed by atoms with E-state index in [0.717, 1.165) is 11.3 Å². The van der Waals surface area contributed by atoms with Crippen LogP contribution in [0, 0.1) is 6.92 Å². The van der Waals surface area contributed by atoms with Crippen molar-refractivity contribution in [2.45, 2.75) is 25.3 Å². The molecule has 3 aromatic rings. The molecule has 0 saturated heterocycles. The fourth-order valence-electron chi connectivity index (χ4n) is 2.30. The molecule has 1 aromatic carbocycles. The van der Waals surface area contributed by atoms with Gasteiger partial charge in [0, 0.05) is 17.0 Å². The molecule has 0 aliphatic heterocycles. The van der Waals surface area contributed by atoms with E-state index in [1.165, 1.54) is 9.58 Å². The maximum Gasteiger partial charge on any atom is 0.296 e. The van der Waals surface area contributed by atoms with Crippen LogP contribution in [-0.2, 0) is 6.54 Å². The largest absolute Gasteiger partial charge is 0.360 e. The van der Waals surface area contributed by atoms with Gasteiger partial charge in [-0.2, -0.15) is 5.10 Å². The molecule has 2 heterocycles. The van der Waals surface area contributed by atoms with Crippen molar-refractivity contribution in [3.63, 3.8) is 0 Å². The van der Waals surface area contributed by atoms with Gasteiger partial charge in [0.1, 0.15) is 11.5 Å². The summed E-state index contributed by atoms with van der Waals surface area (Å²) >= 11 is 1.68. The van der Waals surface area contributed by atoms with Crippen molar-refractivity contribution < 1.29 is 4.52 Å². The lowest BCUT2D eigenvalue weighted by Gasteiger charge is -2.07. The van der Waals surface area contributed by atoms with Gasteiger partial charge in [-0.15, -0.1) is 11.8 Å². The Kier molecular flexibility index (Phi) is 3.55. The summed E-state index contributed by atoms with van der Waals surface area (Å²) < 4.78 is 6.61. The van der Waals surface area contributed by atoms with E-state index in [-0.39, 0.29) is 5.56 Å². The maximum atomic E-state index is 12.2. The molecule has 21 heavy (non-hydrogen) atoms. The minimum atomic E-state index is -0.214. The molecular formula is C15H15N3O2S. The molecule has 0 aliphatic carbocycles. The van der Waals surface area contributed by atoms with Crippen LogP contribution in [0.25, 0.3) is 22.2 Å². The second kappa shape index (κ2) is 5.37. The predicted octanol–water partition coefficient (Wildman–Crippen LogP) is 3.10. The Morgan fingerprint density at radius 2 is 2.00 bits per heavy atom. The Labute approximate surface area is 125 Å². The lowest BCUT2D eigenvalue weighted by Crippen LogP contribution is -2.23. The summed E-state index contributed by atoms with van der Waals surface area (Å²) in [6, 6.07) is 8.09. The van der Waals surface area contributed by atoms with Crippen LogP contribution in [0.4, 0.5) is 0 Å². The van der Waals surface area contributed by atoms with E-state index in [1.54, 1.807) is 18.7 Å². The van der Waals surface area contributed by atoms with Crippen molar-refractivity contribution in [3.8, 4) is 11.3 Å². The van der Waals surface area contributed by atoms with E-state index < -0.39 is 0 Å². The van der Waals surface area contributed by atoms with Gasteiger partial charge in [-0.3, -0.25) is 4.79 Å². The normalized spacial score (nSPS) is 11.2. The highest BCUT2D eigenvalue weighted by atomic mass is 32.2. The van der Waals surface area contributed by atoms with Gasteiger partial charge < -0.3 is 4.52 Å². The average molecular weight is 301 g/mol. The molecule has 5 nitrogen and oxygen atoms in total. The van der Waals surface area contributed by atoms with Crippen LogP contribution >= 0.6 is 11.8 Å². The fourth-order valence-corrected chi connectivity index (χ4v) is 2.71. The van der Waals surface area contributed by atoms with Crippen molar-refractivity contribution in [1.29, 1.82) is 0 Å². The number of hydrogen-bond donors (Lipinski definition) is 0. The first kappa shape index (κ1) is 13.9. The molecule has 0 saturated carbocycles. The zero-order valence-electron chi connectivity index (χ0n) is 12.1. The van der Waals surface area contributed by atoms with Crippen molar-refractivity contribution >= 4 is 22.7 Å². The number of nitrogens with zero attached hydrogens (tertiary/aromatic N) is 3. The monoisotopic (exact) mass is 301 g/mol. The number of aryl methyl sites for hydroxylation is 2. The highest BCUT2D eigenvalue weighted by molar-refractivity contribution is 7.98. The van der Waals surface area contributed by atoms with Gasteiger partial charge in [0.05, 0.1) is 5.39 Å². The average Bonchev–Trinajstić information content (AvgIpc) is 2.91. The van der Waals surface area contributed by atoms with Crippen molar-refractivity contribution in [1.82, 2.24) is 14.9 Å². The molecule has 0 radical (unpaired) electrons. The molecule has 0 bridgehead atoms. The number of fused-ring (bicyclic) bond motifs is 1. The summed E-state index contributed by atoms with van der Waals surface area (Å²) in [5.74, 6) is 0.613. The molecule has 0 unspecified atom stereocenters. The first-order valence-corrected chi connectivity index (χ1v) is 7.89. The van der Waals surface area contributed by atoms with Crippen LogP contribution in [0.5, 0.6) is 0 Å². The Hall–Kier alpha value is -2.08. The quantitative estimate of drug-likeness (QED) is 0.696. The summed E-state index contributed by atoms with van der Waals surface area (Å²) in [6.07, 6.45) is 2.03. The number of rotatable bonds is 3. The number of benzene rings is 1. The zero-order chi connectivity index (χ0) is 15.0. The Balaban J connectivity index is 2.32. The van der Waals surface area contributed by atoms with Crippen LogP contribution in [0.3, 0.4) is 0 Å². The smallest absolute Gasteiger partial charge is 0.296 e. The van der Waals surface area contributed by atoms with E-state index in [1.807, 2.05) is 37.4 Å². The summed E-state index contributed by atoms with van der Waals surface area (Å²) in [7, 11) is 0. The molecule has 0 fully saturated rings. The molecule has 0 spiro atoms. The molecule has 0 N–H and O–H groups in total. The first-order valence-electron chi connectivity index (χ1n) is 6.67. The molecule has 6 heteroatoms. The van der Waals surface area contributed by atoms with Gasteiger partial charge in [0.2, 0.25) is 0 Å². The number of thioether (sulfide) groups is 1. The van der Waals surface area contributed by atoms with E-state index in [9.17, 15) is 4.79 Å². The second-order valence-corrected chi connectivity index (χ2v) is 5.54.